The van der Waals surface area contributed by atoms with Crippen LogP contribution in [-0.2, 0) is 0 Å². The number of hydrogen-bond donors (Lipinski definition) is 0. The number of hydrogen-bond acceptors (Lipinski definition) is 1. The fourth-order valence-electron chi connectivity index (χ4n) is 0.392. The Hall–Kier alpha value is -1.11. The third-order valence-electron chi connectivity index (χ3n) is 0.943. The molecule has 0 aliphatic heterocycles. The van der Waals surface area contributed by atoms with Crippen molar-refractivity contribution in [3.63, 3.8) is 0 Å². The summed E-state index contributed by atoms with van der Waals surface area (Å²) in [6.07, 6.45) is 5.19. The lowest BCUT2D eigenvalue weighted by Gasteiger charge is -1.87. The minimum Gasteiger partial charge on any atom is -0.266 e. The Morgan fingerprint density at radius 2 is 1.70 bits per heavy atom. The molecule has 0 aliphatic rings. The summed E-state index contributed by atoms with van der Waals surface area (Å²) in [6, 6.07) is 0. The highest BCUT2D eigenvalue weighted by Gasteiger charge is 1.78. The molecule has 54 valence electrons. The molecule has 0 bridgehead atoms. The lowest BCUT2D eigenvalue weighted by Crippen LogP contribution is -1.77. The molecule has 0 aromatic heterocycles. The van der Waals surface area contributed by atoms with E-state index < -0.39 is 0 Å². The van der Waals surface area contributed by atoms with Crippen LogP contribution in [0.2, 0.25) is 0 Å². The summed E-state index contributed by atoms with van der Waals surface area (Å²) in [4.78, 5) is 4.08. The maximum absolute atomic E-state index is 4.08. The van der Waals surface area contributed by atoms with E-state index in [0.29, 0.717) is 0 Å². The number of nitrogens with zero attached hydrogens (tertiary/aromatic N) is 1. The van der Waals surface area contributed by atoms with Gasteiger partial charge in [-0.3, -0.25) is 4.99 Å². The summed E-state index contributed by atoms with van der Waals surface area (Å²) in [5, 5.41) is 0. The maximum Gasteiger partial charge on any atom is 0.0339 e. The summed E-state index contributed by atoms with van der Waals surface area (Å²) < 4.78 is 0. The molecule has 0 N–H and O–H groups in total. The van der Waals surface area contributed by atoms with Gasteiger partial charge in [0.2, 0.25) is 0 Å². The fourth-order valence-corrected chi connectivity index (χ4v) is 0.392. The lowest BCUT2D eigenvalue weighted by molar-refractivity contribution is 1.46. The highest BCUT2D eigenvalue weighted by atomic mass is 14.7. The van der Waals surface area contributed by atoms with Crippen LogP contribution in [0.15, 0.2) is 42.1 Å². The van der Waals surface area contributed by atoms with E-state index in [-0.39, 0.29) is 0 Å². The summed E-state index contributed by atoms with van der Waals surface area (Å²) in [5.41, 5.74) is 1.97. The zero-order valence-corrected chi connectivity index (χ0v) is 6.59. The highest BCUT2D eigenvalue weighted by Crippen LogP contribution is 1.96. The largest absolute Gasteiger partial charge is 0.266 e. The van der Waals surface area contributed by atoms with Crippen LogP contribution in [0, 0.1) is 0 Å². The maximum atomic E-state index is 4.08. The van der Waals surface area contributed by atoms with Crippen molar-refractivity contribution in [2.45, 2.75) is 13.8 Å². The predicted molar refractivity (Wildman–Crippen MR) is 47.3 cm³/mol. The molecular formula is C9H13N. The summed E-state index contributed by atoms with van der Waals surface area (Å²) in [6.45, 7) is 11.1. The van der Waals surface area contributed by atoms with Crippen LogP contribution >= 0.6 is 0 Å². The Morgan fingerprint density at radius 1 is 1.20 bits per heavy atom. The van der Waals surface area contributed by atoms with Gasteiger partial charge in [0.05, 0.1) is 0 Å². The molecule has 0 aromatic rings. The average molecular weight is 135 g/mol. The highest BCUT2D eigenvalue weighted by molar-refractivity contribution is 5.79. The molecule has 0 saturated heterocycles. The van der Waals surface area contributed by atoms with Crippen LogP contribution in [0.5, 0.6) is 0 Å². The topological polar surface area (TPSA) is 12.4 Å². The van der Waals surface area contributed by atoms with Crippen molar-refractivity contribution < 1.29 is 0 Å². The number of allylic oxidation sites excluding steroid dienone is 3. The Morgan fingerprint density at radius 3 is 2.00 bits per heavy atom. The first kappa shape index (κ1) is 8.89. The third kappa shape index (κ3) is 3.84. The van der Waals surface area contributed by atoms with Gasteiger partial charge >= 0.3 is 0 Å². The van der Waals surface area contributed by atoms with Gasteiger partial charge in [-0.2, -0.15) is 0 Å². The quantitative estimate of drug-likeness (QED) is 0.417. The van der Waals surface area contributed by atoms with E-state index in [4.69, 9.17) is 0 Å². The van der Waals surface area contributed by atoms with Crippen molar-refractivity contribution in [2.24, 2.45) is 4.99 Å². The molecule has 0 rings (SSSR count). The molecule has 0 saturated carbocycles. The molecule has 0 fully saturated rings. The second kappa shape index (κ2) is 4.74. The minimum atomic E-state index is 0.946. The first-order chi connectivity index (χ1) is 4.70. The second-order valence-corrected chi connectivity index (χ2v) is 2.11. The van der Waals surface area contributed by atoms with E-state index in [9.17, 15) is 0 Å². The first-order valence-electron chi connectivity index (χ1n) is 3.16. The van der Waals surface area contributed by atoms with Gasteiger partial charge in [0.1, 0.15) is 0 Å². The van der Waals surface area contributed by atoms with Gasteiger partial charge in [-0.05, 0) is 19.4 Å². The Kier molecular flexibility index (Phi) is 4.21. The zero-order valence-electron chi connectivity index (χ0n) is 6.59. The lowest BCUT2D eigenvalue weighted by atomic mass is 10.3. The van der Waals surface area contributed by atoms with E-state index in [1.165, 1.54) is 0 Å². The van der Waals surface area contributed by atoms with E-state index in [1.54, 1.807) is 18.4 Å². The summed E-state index contributed by atoms with van der Waals surface area (Å²) in [5.74, 6) is 0. The second-order valence-electron chi connectivity index (χ2n) is 2.11. The molecule has 0 amide bonds. The Bertz CT molecular complexity index is 171. The molecule has 0 aromatic carbocycles. The van der Waals surface area contributed by atoms with Crippen molar-refractivity contribution in [2.75, 3.05) is 0 Å². The van der Waals surface area contributed by atoms with E-state index >= 15 is 0 Å². The van der Waals surface area contributed by atoms with Crippen molar-refractivity contribution in [1.82, 2.24) is 0 Å². The minimum absolute atomic E-state index is 0.946. The van der Waals surface area contributed by atoms with E-state index in [2.05, 4.69) is 18.2 Å². The van der Waals surface area contributed by atoms with Gasteiger partial charge in [-0.1, -0.05) is 25.3 Å². The van der Waals surface area contributed by atoms with Crippen LogP contribution in [0.25, 0.3) is 0 Å². The van der Waals surface area contributed by atoms with Crippen molar-refractivity contribution in [1.29, 1.82) is 0 Å². The monoisotopic (exact) mass is 135 g/mol. The van der Waals surface area contributed by atoms with Gasteiger partial charge in [-0.15, -0.1) is 0 Å². The summed E-state index contributed by atoms with van der Waals surface area (Å²) in [7, 11) is 0. The molecule has 1 nitrogen and oxygen atoms in total. The molecule has 0 unspecified atom stereocenters. The van der Waals surface area contributed by atoms with Crippen molar-refractivity contribution >= 4 is 5.71 Å². The van der Waals surface area contributed by atoms with Gasteiger partial charge < -0.3 is 0 Å². The Balaban J connectivity index is 4.26. The predicted octanol–water partition coefficient (Wildman–Crippen LogP) is 2.72. The fraction of sp³-hybridized carbons (Fsp3) is 0.222. The van der Waals surface area contributed by atoms with Gasteiger partial charge in [0, 0.05) is 11.9 Å². The molecule has 0 radical (unpaired) electrons. The van der Waals surface area contributed by atoms with Crippen LogP contribution in [0.4, 0.5) is 0 Å². The summed E-state index contributed by atoms with van der Waals surface area (Å²) >= 11 is 0. The van der Waals surface area contributed by atoms with Gasteiger partial charge in [0.25, 0.3) is 0 Å². The van der Waals surface area contributed by atoms with Crippen molar-refractivity contribution in [3.8, 4) is 0 Å². The molecule has 0 spiro atoms. The van der Waals surface area contributed by atoms with Gasteiger partial charge in [-0.25, -0.2) is 0 Å². The normalized spacial score (nSPS) is 7.80. The number of rotatable bonds is 3. The molecule has 0 aliphatic carbocycles. The molecule has 1 heteroatoms. The number of aliphatic imine (C=N–C) groups is 1. The van der Waals surface area contributed by atoms with Crippen LogP contribution in [0.3, 0.4) is 0 Å². The van der Waals surface area contributed by atoms with E-state index in [0.717, 1.165) is 11.3 Å². The van der Waals surface area contributed by atoms with Gasteiger partial charge in [0.15, 0.2) is 0 Å². The van der Waals surface area contributed by atoms with Crippen molar-refractivity contribution in [3.05, 3.63) is 37.1 Å². The van der Waals surface area contributed by atoms with Crippen LogP contribution in [0.1, 0.15) is 13.8 Å². The van der Waals surface area contributed by atoms with E-state index in [1.807, 2.05) is 13.8 Å². The average Bonchev–Trinajstić information content (AvgIpc) is 1.90. The SMILES string of the molecule is C=CC(C=C)=CN=C(C)C. The third-order valence-corrected chi connectivity index (χ3v) is 0.943. The smallest absolute Gasteiger partial charge is 0.0339 e. The molecule has 0 heterocycles. The zero-order chi connectivity index (χ0) is 7.98. The molecule has 0 atom stereocenters. The Labute approximate surface area is 62.5 Å². The molecule has 10 heavy (non-hydrogen) atoms. The molecular weight excluding hydrogens is 122 g/mol. The van der Waals surface area contributed by atoms with Crippen LogP contribution < -0.4 is 0 Å². The van der Waals surface area contributed by atoms with Crippen LogP contribution in [-0.4, -0.2) is 5.71 Å². The first-order valence-corrected chi connectivity index (χ1v) is 3.16. The standard InChI is InChI=1S/C9H13N/c1-5-9(6-2)7-10-8(3)4/h5-7H,1-2H2,3-4H3.